The molecule has 0 saturated carbocycles. The van der Waals surface area contributed by atoms with Crippen LogP contribution in [0, 0.1) is 0 Å². The number of hydrogen-bond donors (Lipinski definition) is 1. The first-order valence-electron chi connectivity index (χ1n) is 7.49. The van der Waals surface area contributed by atoms with Gasteiger partial charge in [-0.2, -0.15) is 18.3 Å². The lowest BCUT2D eigenvalue weighted by Gasteiger charge is -2.11. The largest absolute Gasteiger partial charge is 0.417 e. The quantitative estimate of drug-likeness (QED) is 0.718. The molecule has 2 aromatic heterocycles. The molecule has 0 aliphatic rings. The fourth-order valence-electron chi connectivity index (χ4n) is 2.29. The Morgan fingerprint density at radius 1 is 1.16 bits per heavy atom. The number of hydrogen-bond acceptors (Lipinski definition) is 3. The van der Waals surface area contributed by atoms with E-state index < -0.39 is 11.7 Å². The van der Waals surface area contributed by atoms with E-state index in [-0.39, 0.29) is 10.8 Å². The molecule has 0 amide bonds. The predicted molar refractivity (Wildman–Crippen MR) is 90.0 cm³/mol. The van der Waals surface area contributed by atoms with Gasteiger partial charge in [0.15, 0.2) is 0 Å². The maximum absolute atomic E-state index is 12.6. The van der Waals surface area contributed by atoms with Crippen molar-refractivity contribution in [3.63, 3.8) is 0 Å². The Kier molecular flexibility index (Phi) is 4.94. The molecular formula is C17H14ClF3N4. The summed E-state index contributed by atoms with van der Waals surface area (Å²) in [5, 5.41) is 7.06. The van der Waals surface area contributed by atoms with Gasteiger partial charge in [-0.15, -0.1) is 0 Å². The van der Waals surface area contributed by atoms with Gasteiger partial charge in [0.2, 0.25) is 0 Å². The molecule has 0 saturated heterocycles. The van der Waals surface area contributed by atoms with Gasteiger partial charge in [0.25, 0.3) is 0 Å². The minimum absolute atomic E-state index is 0.0520. The van der Waals surface area contributed by atoms with Gasteiger partial charge in [0.1, 0.15) is 5.82 Å². The lowest BCUT2D eigenvalue weighted by Crippen LogP contribution is -2.10. The summed E-state index contributed by atoms with van der Waals surface area (Å²) in [5.41, 5.74) is 1.16. The summed E-state index contributed by atoms with van der Waals surface area (Å²) in [7, 11) is 0. The number of nitrogens with zero attached hydrogens (tertiary/aromatic N) is 3. The van der Waals surface area contributed by atoms with E-state index in [2.05, 4.69) is 15.4 Å². The van der Waals surface area contributed by atoms with Crippen molar-refractivity contribution in [2.24, 2.45) is 0 Å². The number of halogens is 4. The third-order valence-electron chi connectivity index (χ3n) is 3.58. The Morgan fingerprint density at radius 2 is 1.92 bits per heavy atom. The number of alkyl halides is 3. The second kappa shape index (κ2) is 7.14. The van der Waals surface area contributed by atoms with Crippen LogP contribution >= 0.6 is 11.6 Å². The first-order chi connectivity index (χ1) is 11.9. The maximum Gasteiger partial charge on any atom is 0.417 e. The topological polar surface area (TPSA) is 42.7 Å². The van der Waals surface area contributed by atoms with E-state index in [0.29, 0.717) is 13.0 Å². The zero-order valence-electron chi connectivity index (χ0n) is 13.0. The Hall–Kier alpha value is -2.54. The minimum Gasteiger partial charge on any atom is -0.369 e. The molecule has 8 heteroatoms. The van der Waals surface area contributed by atoms with E-state index in [0.717, 1.165) is 23.5 Å². The van der Waals surface area contributed by atoms with Crippen LogP contribution in [0.3, 0.4) is 0 Å². The van der Waals surface area contributed by atoms with Gasteiger partial charge in [-0.25, -0.2) is 9.67 Å². The van der Waals surface area contributed by atoms with Gasteiger partial charge in [0.05, 0.1) is 16.3 Å². The van der Waals surface area contributed by atoms with Gasteiger partial charge in [-0.3, -0.25) is 0 Å². The molecule has 1 aromatic carbocycles. The van der Waals surface area contributed by atoms with Gasteiger partial charge >= 0.3 is 6.18 Å². The average molecular weight is 367 g/mol. The normalized spacial score (nSPS) is 11.5. The second-order valence-corrected chi connectivity index (χ2v) is 5.75. The van der Waals surface area contributed by atoms with Crippen LogP contribution in [0.4, 0.5) is 19.0 Å². The van der Waals surface area contributed by atoms with Crippen molar-refractivity contribution in [2.75, 3.05) is 11.9 Å². The predicted octanol–water partition coefficient (Wildman–Crippen LogP) is 4.59. The Labute approximate surface area is 147 Å². The van der Waals surface area contributed by atoms with Gasteiger partial charge in [-0.05, 0) is 36.2 Å². The summed E-state index contributed by atoms with van der Waals surface area (Å²) in [4.78, 5) is 3.75. The fraction of sp³-hybridized carbons (Fsp3) is 0.176. The highest BCUT2D eigenvalue weighted by Gasteiger charge is 2.31. The molecule has 2 heterocycles. The zero-order chi connectivity index (χ0) is 17.9. The van der Waals surface area contributed by atoms with Crippen LogP contribution in [-0.4, -0.2) is 21.3 Å². The maximum atomic E-state index is 12.6. The molecule has 25 heavy (non-hydrogen) atoms. The van der Waals surface area contributed by atoms with Crippen molar-refractivity contribution in [1.29, 1.82) is 0 Å². The van der Waals surface area contributed by atoms with Crippen LogP contribution in [-0.2, 0) is 12.6 Å². The first-order valence-corrected chi connectivity index (χ1v) is 7.87. The number of benzene rings is 1. The number of aromatic nitrogens is 3. The highest BCUT2D eigenvalue weighted by Crippen LogP contribution is 2.32. The van der Waals surface area contributed by atoms with Crippen LogP contribution in [0.1, 0.15) is 11.1 Å². The van der Waals surface area contributed by atoms with Crippen molar-refractivity contribution in [3.8, 4) is 5.69 Å². The standard InChI is InChI=1S/C17H14ClF3N4/c18-15-10-13(17(19,20)21)11-23-16(15)22-8-6-12-2-4-14(5-3-12)25-9-1-7-24-25/h1-5,7,9-11H,6,8H2,(H,22,23). The molecule has 0 aliphatic heterocycles. The zero-order valence-corrected chi connectivity index (χ0v) is 13.7. The SMILES string of the molecule is FC(F)(F)c1cnc(NCCc2ccc(-n3cccn3)cc2)c(Cl)c1. The smallest absolute Gasteiger partial charge is 0.369 e. The second-order valence-electron chi connectivity index (χ2n) is 5.35. The van der Waals surface area contributed by atoms with Crippen LogP contribution in [0.5, 0.6) is 0 Å². The van der Waals surface area contributed by atoms with Crippen molar-refractivity contribution in [2.45, 2.75) is 12.6 Å². The van der Waals surface area contributed by atoms with E-state index >= 15 is 0 Å². The first kappa shape index (κ1) is 17.3. The van der Waals surface area contributed by atoms with Crippen molar-refractivity contribution >= 4 is 17.4 Å². The molecule has 0 aliphatic carbocycles. The molecule has 0 unspecified atom stereocenters. The lowest BCUT2D eigenvalue weighted by atomic mass is 10.1. The molecule has 0 fully saturated rings. The van der Waals surface area contributed by atoms with Crippen LogP contribution in [0.2, 0.25) is 5.02 Å². The Balaban J connectivity index is 1.58. The lowest BCUT2D eigenvalue weighted by molar-refractivity contribution is -0.137. The van der Waals surface area contributed by atoms with Crippen molar-refractivity contribution in [3.05, 3.63) is 71.1 Å². The number of anilines is 1. The average Bonchev–Trinajstić information content (AvgIpc) is 3.10. The Morgan fingerprint density at radius 3 is 2.52 bits per heavy atom. The molecule has 3 aromatic rings. The molecule has 4 nitrogen and oxygen atoms in total. The summed E-state index contributed by atoms with van der Waals surface area (Å²) < 4.78 is 39.5. The summed E-state index contributed by atoms with van der Waals surface area (Å²) >= 11 is 5.86. The summed E-state index contributed by atoms with van der Waals surface area (Å²) in [6.07, 6.45) is 0.560. The third-order valence-corrected chi connectivity index (χ3v) is 3.87. The molecule has 1 N–H and O–H groups in total. The van der Waals surface area contributed by atoms with Gasteiger partial charge in [0, 0.05) is 25.1 Å². The Bertz CT molecular complexity index is 830. The highest BCUT2D eigenvalue weighted by atomic mass is 35.5. The van der Waals surface area contributed by atoms with Crippen molar-refractivity contribution < 1.29 is 13.2 Å². The molecule has 3 rings (SSSR count). The molecule has 0 spiro atoms. The van der Waals surface area contributed by atoms with E-state index in [9.17, 15) is 13.2 Å². The van der Waals surface area contributed by atoms with Gasteiger partial charge in [-0.1, -0.05) is 23.7 Å². The molecule has 0 bridgehead atoms. The summed E-state index contributed by atoms with van der Waals surface area (Å²) in [6.45, 7) is 0.499. The monoisotopic (exact) mass is 366 g/mol. The molecule has 130 valence electrons. The number of rotatable bonds is 5. The molecule has 0 atom stereocenters. The van der Waals surface area contributed by atoms with E-state index in [1.54, 1.807) is 10.9 Å². The van der Waals surface area contributed by atoms with Crippen LogP contribution < -0.4 is 5.32 Å². The summed E-state index contributed by atoms with van der Waals surface area (Å²) in [5.74, 6) is 0.239. The fourth-order valence-corrected chi connectivity index (χ4v) is 2.52. The van der Waals surface area contributed by atoms with E-state index in [1.165, 1.54) is 0 Å². The minimum atomic E-state index is -4.45. The molecule has 0 radical (unpaired) electrons. The number of nitrogens with one attached hydrogen (secondary N) is 1. The third kappa shape index (κ3) is 4.30. The van der Waals surface area contributed by atoms with Crippen molar-refractivity contribution in [1.82, 2.24) is 14.8 Å². The number of pyridine rings is 1. The van der Waals surface area contributed by atoms with Gasteiger partial charge < -0.3 is 5.32 Å². The van der Waals surface area contributed by atoms with Crippen LogP contribution in [0.15, 0.2) is 55.0 Å². The van der Waals surface area contributed by atoms with E-state index in [1.807, 2.05) is 36.5 Å². The van der Waals surface area contributed by atoms with Crippen LogP contribution in [0.25, 0.3) is 5.69 Å². The van der Waals surface area contributed by atoms with E-state index in [4.69, 9.17) is 11.6 Å². The summed E-state index contributed by atoms with van der Waals surface area (Å²) in [6, 6.07) is 10.6. The highest BCUT2D eigenvalue weighted by molar-refractivity contribution is 6.32. The molecular weight excluding hydrogens is 353 g/mol.